The van der Waals surface area contributed by atoms with Crippen LogP contribution in [0.3, 0.4) is 0 Å². The standard InChI is InChI=1S/C29H52O2.C29H50O/c1-7-20(18(2)3)9-8-19(4)23-10-11-24-27-25(13-15-29(23,24)6)28(5)14-12-22(30)16-21(28)17-26(27)31;1-7-21(19(2)3)9-8-20(4)25-12-13-26-24-11-10-22-18-23(30)14-16-28(22,5)27(24)15-17-29(25,26)6/h18-27,30-31H,7-17H2,1-6H3;10,19-21,23-27,30H,7-9,11-18H2,1-6H3/t19-,20-,21+,22?,23-,24?,25?,26?,27+,28+,29-;20-,21-,23-,24+,25-,26?,27?,28+,29-/m11/s1. The Morgan fingerprint density at radius 3 is 1.64 bits per heavy atom. The average Bonchev–Trinajstić information content (AvgIpc) is 3.76. The van der Waals surface area contributed by atoms with E-state index in [1.165, 1.54) is 109 Å². The number of allylic oxidation sites excluding steroid dienone is 1. The van der Waals surface area contributed by atoms with Crippen LogP contribution < -0.4 is 0 Å². The summed E-state index contributed by atoms with van der Waals surface area (Å²) >= 11 is 0. The highest BCUT2D eigenvalue weighted by molar-refractivity contribution is 5.25. The highest BCUT2D eigenvalue weighted by atomic mass is 16.3. The molecular formula is C58H102O3. The van der Waals surface area contributed by atoms with Crippen molar-refractivity contribution in [3.05, 3.63) is 11.6 Å². The Balaban J connectivity index is 0.000000184. The molecule has 0 aliphatic heterocycles. The summed E-state index contributed by atoms with van der Waals surface area (Å²) in [7, 11) is 0. The van der Waals surface area contributed by atoms with Crippen molar-refractivity contribution in [1.82, 2.24) is 0 Å². The van der Waals surface area contributed by atoms with Gasteiger partial charge in [0, 0.05) is 0 Å². The summed E-state index contributed by atoms with van der Waals surface area (Å²) in [6, 6.07) is 0. The quantitative estimate of drug-likeness (QED) is 0.172. The van der Waals surface area contributed by atoms with E-state index in [0.717, 1.165) is 97.2 Å². The van der Waals surface area contributed by atoms with Gasteiger partial charge in [-0.3, -0.25) is 0 Å². The smallest absolute Gasteiger partial charge is 0.0577 e. The van der Waals surface area contributed by atoms with Crippen LogP contribution in [0.4, 0.5) is 0 Å². The van der Waals surface area contributed by atoms with Gasteiger partial charge in [0.2, 0.25) is 0 Å². The molecule has 0 aromatic carbocycles. The molecule has 3 N–H and O–H groups in total. The number of hydrogen-bond acceptors (Lipinski definition) is 3. The summed E-state index contributed by atoms with van der Waals surface area (Å²) in [4.78, 5) is 0. The van der Waals surface area contributed by atoms with E-state index in [2.05, 4.69) is 89.2 Å². The maximum Gasteiger partial charge on any atom is 0.0577 e. The summed E-state index contributed by atoms with van der Waals surface area (Å²) in [6.45, 7) is 30.0. The van der Waals surface area contributed by atoms with Gasteiger partial charge in [-0.05, 0) is 226 Å². The van der Waals surface area contributed by atoms with Crippen LogP contribution in [-0.4, -0.2) is 33.6 Å². The lowest BCUT2D eigenvalue weighted by molar-refractivity contribution is -0.174. The molecule has 8 rings (SSSR count). The highest BCUT2D eigenvalue weighted by Crippen LogP contribution is 2.70. The minimum absolute atomic E-state index is 0.0794. The molecule has 8 aliphatic rings. The second-order valence-corrected chi connectivity index (χ2v) is 26.3. The Kier molecular flexibility index (Phi) is 15.2. The first kappa shape index (κ1) is 48.6. The largest absolute Gasteiger partial charge is 0.393 e. The van der Waals surface area contributed by atoms with Crippen molar-refractivity contribution >= 4 is 0 Å². The molecule has 0 heterocycles. The lowest BCUT2D eigenvalue weighted by Gasteiger charge is -2.62. The van der Waals surface area contributed by atoms with Crippen LogP contribution in [0.15, 0.2) is 11.6 Å². The molecule has 3 heteroatoms. The van der Waals surface area contributed by atoms with Crippen LogP contribution in [0.1, 0.15) is 224 Å². The molecule has 7 saturated carbocycles. The molecule has 6 unspecified atom stereocenters. The molecular weight excluding hydrogens is 745 g/mol. The first-order chi connectivity index (χ1) is 28.8. The Morgan fingerprint density at radius 2 is 1.07 bits per heavy atom. The molecule has 61 heavy (non-hydrogen) atoms. The molecule has 0 spiro atoms. The van der Waals surface area contributed by atoms with E-state index < -0.39 is 0 Å². The predicted molar refractivity (Wildman–Crippen MR) is 258 cm³/mol. The lowest BCUT2D eigenvalue weighted by atomic mass is 9.43. The maximum absolute atomic E-state index is 11.4. The zero-order chi connectivity index (χ0) is 44.2. The monoisotopic (exact) mass is 847 g/mol. The molecule has 0 amide bonds. The van der Waals surface area contributed by atoms with E-state index in [1.807, 2.05) is 0 Å². The Morgan fingerprint density at radius 1 is 0.557 bits per heavy atom. The van der Waals surface area contributed by atoms with Crippen LogP contribution in [0.5, 0.6) is 0 Å². The van der Waals surface area contributed by atoms with Crippen LogP contribution in [0.2, 0.25) is 0 Å². The first-order valence-corrected chi connectivity index (χ1v) is 27.6. The first-order valence-electron chi connectivity index (χ1n) is 27.6. The zero-order valence-corrected chi connectivity index (χ0v) is 42.4. The minimum atomic E-state index is -0.141. The third-order valence-corrected chi connectivity index (χ3v) is 23.2. The highest BCUT2D eigenvalue weighted by Gasteiger charge is 2.63. The molecule has 7 fully saturated rings. The van der Waals surface area contributed by atoms with Crippen molar-refractivity contribution in [2.24, 2.45) is 110 Å². The normalized spacial score (nSPS) is 47.3. The Hall–Kier alpha value is -0.380. The van der Waals surface area contributed by atoms with Gasteiger partial charge >= 0.3 is 0 Å². The number of rotatable bonds is 12. The van der Waals surface area contributed by atoms with Crippen LogP contribution in [0.25, 0.3) is 0 Å². The van der Waals surface area contributed by atoms with Crippen molar-refractivity contribution in [1.29, 1.82) is 0 Å². The SMILES string of the molecule is CC[C@H](CC[C@@H](C)[C@H]1CCC2[C@@H]3C(O)C[C@@H]4CC(O)CC[C@]4(C)C3CC[C@@]21C)C(C)C.CC[C@H](CC[C@@H](C)[C@H]1CCC2[C@@H]3CC=C4C[C@H](O)CC[C@]4(C)C3CC[C@@]21C)C(C)C. The third-order valence-electron chi connectivity index (χ3n) is 23.2. The molecule has 8 aliphatic carbocycles. The van der Waals surface area contributed by atoms with Crippen LogP contribution in [-0.2, 0) is 0 Å². The fourth-order valence-corrected chi connectivity index (χ4v) is 19.2. The number of hydrogen-bond donors (Lipinski definition) is 3. The fourth-order valence-electron chi connectivity index (χ4n) is 19.2. The van der Waals surface area contributed by atoms with Gasteiger partial charge in [0.25, 0.3) is 0 Å². The lowest BCUT2D eigenvalue weighted by Crippen LogP contribution is -2.58. The summed E-state index contributed by atoms with van der Waals surface area (Å²) in [6.07, 6.45) is 30.3. The zero-order valence-electron chi connectivity index (χ0n) is 42.4. The van der Waals surface area contributed by atoms with E-state index in [1.54, 1.807) is 5.57 Å². The van der Waals surface area contributed by atoms with Crippen molar-refractivity contribution in [3.63, 3.8) is 0 Å². The molecule has 3 nitrogen and oxygen atoms in total. The van der Waals surface area contributed by atoms with Crippen LogP contribution >= 0.6 is 0 Å². The Labute approximate surface area is 378 Å². The van der Waals surface area contributed by atoms with E-state index in [9.17, 15) is 15.3 Å². The molecule has 0 aromatic rings. The second kappa shape index (κ2) is 19.1. The maximum atomic E-state index is 11.4. The van der Waals surface area contributed by atoms with Gasteiger partial charge in [-0.25, -0.2) is 0 Å². The van der Waals surface area contributed by atoms with Gasteiger partial charge in [0.1, 0.15) is 0 Å². The van der Waals surface area contributed by atoms with Gasteiger partial charge in [0.05, 0.1) is 18.3 Å². The Bertz CT molecular complexity index is 1470. The van der Waals surface area contributed by atoms with E-state index >= 15 is 0 Å². The predicted octanol–water partition coefficient (Wildman–Crippen LogP) is 15.1. The molecule has 352 valence electrons. The summed E-state index contributed by atoms with van der Waals surface area (Å²) < 4.78 is 0. The molecule has 0 bridgehead atoms. The summed E-state index contributed by atoms with van der Waals surface area (Å²) in [5.74, 6) is 12.1. The number of aliphatic hydroxyl groups excluding tert-OH is 3. The molecule has 0 saturated heterocycles. The summed E-state index contributed by atoms with van der Waals surface area (Å²) in [5.41, 5.74) is 3.36. The fraction of sp³-hybridized carbons (Fsp3) is 0.966. The van der Waals surface area contributed by atoms with Crippen molar-refractivity contribution in [3.8, 4) is 0 Å². The minimum Gasteiger partial charge on any atom is -0.393 e. The van der Waals surface area contributed by atoms with E-state index in [-0.39, 0.29) is 18.3 Å². The van der Waals surface area contributed by atoms with E-state index in [0.29, 0.717) is 45.3 Å². The third kappa shape index (κ3) is 8.96. The van der Waals surface area contributed by atoms with Crippen LogP contribution in [0, 0.1) is 110 Å². The summed E-state index contributed by atoms with van der Waals surface area (Å²) in [5, 5.41) is 32.0. The molecule has 20 atom stereocenters. The second-order valence-electron chi connectivity index (χ2n) is 26.3. The van der Waals surface area contributed by atoms with Gasteiger partial charge < -0.3 is 15.3 Å². The van der Waals surface area contributed by atoms with Crippen molar-refractivity contribution < 1.29 is 15.3 Å². The average molecular weight is 847 g/mol. The number of aliphatic hydroxyl groups is 3. The topological polar surface area (TPSA) is 60.7 Å². The number of fused-ring (bicyclic) bond motifs is 10. The molecule has 0 aromatic heterocycles. The van der Waals surface area contributed by atoms with Crippen molar-refractivity contribution in [2.75, 3.05) is 0 Å². The van der Waals surface area contributed by atoms with Gasteiger partial charge in [-0.15, -0.1) is 0 Å². The van der Waals surface area contributed by atoms with Gasteiger partial charge in [0.15, 0.2) is 0 Å². The van der Waals surface area contributed by atoms with Gasteiger partial charge in [-0.2, -0.15) is 0 Å². The van der Waals surface area contributed by atoms with Gasteiger partial charge in [-0.1, -0.05) is 120 Å². The van der Waals surface area contributed by atoms with E-state index in [4.69, 9.17) is 0 Å². The molecule has 0 radical (unpaired) electrons. The van der Waals surface area contributed by atoms with Crippen molar-refractivity contribution in [2.45, 2.75) is 243 Å².